The lowest BCUT2D eigenvalue weighted by molar-refractivity contribution is 0.0996. The van der Waals surface area contributed by atoms with Crippen LogP contribution in [0.15, 0.2) is 41.1 Å². The molecule has 0 aliphatic heterocycles. The number of nitrogens with one attached hydrogen (secondary N) is 1. The van der Waals surface area contributed by atoms with E-state index in [1.165, 1.54) is 6.26 Å². The molecular formula is C10H7IN2O2. The Balaban J connectivity index is 2.09. The van der Waals surface area contributed by atoms with Crippen molar-refractivity contribution in [3.63, 3.8) is 0 Å². The Bertz CT molecular complexity index is 451. The first kappa shape index (κ1) is 10.2. The molecule has 0 saturated heterocycles. The first-order valence-electron chi connectivity index (χ1n) is 4.22. The van der Waals surface area contributed by atoms with E-state index in [1.54, 1.807) is 24.4 Å². The third-order valence-electron chi connectivity index (χ3n) is 1.71. The summed E-state index contributed by atoms with van der Waals surface area (Å²) < 4.78 is 5.97. The minimum atomic E-state index is -0.297. The molecule has 0 bridgehead atoms. The van der Waals surface area contributed by atoms with Gasteiger partial charge in [-0.25, -0.2) is 4.98 Å². The van der Waals surface area contributed by atoms with Crippen molar-refractivity contribution in [1.29, 1.82) is 0 Å². The minimum absolute atomic E-state index is 0.273. The minimum Gasteiger partial charge on any atom is -0.459 e. The molecule has 0 aromatic carbocycles. The fourth-order valence-corrected chi connectivity index (χ4v) is 1.35. The monoisotopic (exact) mass is 314 g/mol. The summed E-state index contributed by atoms with van der Waals surface area (Å²) in [6, 6.07) is 6.87. The molecule has 15 heavy (non-hydrogen) atoms. The molecule has 0 saturated carbocycles. The van der Waals surface area contributed by atoms with Crippen molar-refractivity contribution < 1.29 is 9.21 Å². The van der Waals surface area contributed by atoms with Gasteiger partial charge in [-0.3, -0.25) is 4.79 Å². The second-order valence-corrected chi connectivity index (χ2v) is 4.04. The van der Waals surface area contributed by atoms with E-state index in [0.717, 1.165) is 3.57 Å². The van der Waals surface area contributed by atoms with Crippen molar-refractivity contribution in [2.24, 2.45) is 0 Å². The van der Waals surface area contributed by atoms with Crippen LogP contribution in [0.5, 0.6) is 0 Å². The molecule has 2 rings (SSSR count). The Labute approximate surface area is 99.8 Å². The average molecular weight is 314 g/mol. The second-order valence-electron chi connectivity index (χ2n) is 2.79. The summed E-state index contributed by atoms with van der Waals surface area (Å²) in [7, 11) is 0. The van der Waals surface area contributed by atoms with Gasteiger partial charge in [0.05, 0.1) is 6.26 Å². The third kappa shape index (κ3) is 2.56. The van der Waals surface area contributed by atoms with E-state index in [9.17, 15) is 4.79 Å². The van der Waals surface area contributed by atoms with Crippen LogP contribution in [0.2, 0.25) is 0 Å². The van der Waals surface area contributed by atoms with E-state index >= 15 is 0 Å². The number of anilines is 1. The van der Waals surface area contributed by atoms with Crippen LogP contribution in [0.1, 0.15) is 10.6 Å². The number of hydrogen-bond acceptors (Lipinski definition) is 3. The van der Waals surface area contributed by atoms with Crippen molar-refractivity contribution in [1.82, 2.24) is 4.98 Å². The Morgan fingerprint density at radius 1 is 1.40 bits per heavy atom. The first-order chi connectivity index (χ1) is 7.25. The molecule has 76 valence electrons. The van der Waals surface area contributed by atoms with Crippen LogP contribution in [-0.2, 0) is 0 Å². The summed E-state index contributed by atoms with van der Waals surface area (Å²) in [5.74, 6) is 0.487. The van der Waals surface area contributed by atoms with Crippen LogP contribution in [-0.4, -0.2) is 10.9 Å². The summed E-state index contributed by atoms with van der Waals surface area (Å²) >= 11 is 2.15. The Hall–Kier alpha value is -1.37. The van der Waals surface area contributed by atoms with E-state index in [-0.39, 0.29) is 11.7 Å². The molecule has 0 atom stereocenters. The van der Waals surface area contributed by atoms with Crippen molar-refractivity contribution in [2.45, 2.75) is 0 Å². The van der Waals surface area contributed by atoms with E-state index in [2.05, 4.69) is 32.9 Å². The molecular weight excluding hydrogens is 307 g/mol. The number of aromatic nitrogens is 1. The van der Waals surface area contributed by atoms with Gasteiger partial charge in [0.1, 0.15) is 5.82 Å². The summed E-state index contributed by atoms with van der Waals surface area (Å²) in [5.41, 5.74) is 0. The van der Waals surface area contributed by atoms with Crippen LogP contribution in [0.4, 0.5) is 5.82 Å². The fourth-order valence-electron chi connectivity index (χ4n) is 1.04. The molecule has 2 aromatic heterocycles. The molecule has 1 N–H and O–H groups in total. The lowest BCUT2D eigenvalue weighted by atomic mass is 10.4. The molecule has 0 aliphatic carbocycles. The molecule has 0 fully saturated rings. The zero-order chi connectivity index (χ0) is 10.7. The average Bonchev–Trinajstić information content (AvgIpc) is 2.74. The van der Waals surface area contributed by atoms with Gasteiger partial charge in [-0.2, -0.15) is 0 Å². The Kier molecular flexibility index (Phi) is 3.00. The van der Waals surface area contributed by atoms with Crippen LogP contribution in [0.3, 0.4) is 0 Å². The number of amides is 1. The zero-order valence-corrected chi connectivity index (χ0v) is 9.76. The topological polar surface area (TPSA) is 55.1 Å². The third-order valence-corrected chi connectivity index (χ3v) is 2.35. The van der Waals surface area contributed by atoms with Crippen LogP contribution < -0.4 is 5.32 Å². The number of furan rings is 1. The number of carbonyl (C=O) groups excluding carboxylic acids is 1. The fraction of sp³-hybridized carbons (Fsp3) is 0. The van der Waals surface area contributed by atoms with E-state index in [4.69, 9.17) is 4.42 Å². The second kappa shape index (κ2) is 4.43. The highest BCUT2D eigenvalue weighted by Crippen LogP contribution is 2.09. The van der Waals surface area contributed by atoms with Gasteiger partial charge in [-0.1, -0.05) is 0 Å². The van der Waals surface area contributed by atoms with Crippen LogP contribution >= 0.6 is 22.6 Å². The molecule has 1 amide bonds. The standard InChI is InChI=1S/C10H7IN2O2/c11-7-3-4-9(12-6-7)13-10(14)8-2-1-5-15-8/h1-6H,(H,12,13,14). The quantitative estimate of drug-likeness (QED) is 0.867. The highest BCUT2D eigenvalue weighted by molar-refractivity contribution is 14.1. The first-order valence-corrected chi connectivity index (χ1v) is 5.30. The van der Waals surface area contributed by atoms with Crippen molar-refractivity contribution in [3.05, 3.63) is 46.1 Å². The van der Waals surface area contributed by atoms with E-state index in [1.807, 2.05) is 6.07 Å². The van der Waals surface area contributed by atoms with Crippen molar-refractivity contribution in [2.75, 3.05) is 5.32 Å². The number of nitrogens with zero attached hydrogens (tertiary/aromatic N) is 1. The lowest BCUT2D eigenvalue weighted by Gasteiger charge is -2.01. The van der Waals surface area contributed by atoms with Gasteiger partial charge in [-0.15, -0.1) is 0 Å². The predicted molar refractivity (Wildman–Crippen MR) is 63.6 cm³/mol. The largest absolute Gasteiger partial charge is 0.459 e. The van der Waals surface area contributed by atoms with Crippen LogP contribution in [0.25, 0.3) is 0 Å². The van der Waals surface area contributed by atoms with Gasteiger partial charge >= 0.3 is 0 Å². The number of halogens is 1. The maximum Gasteiger partial charge on any atom is 0.292 e. The summed E-state index contributed by atoms with van der Waals surface area (Å²) in [6.07, 6.45) is 3.13. The maximum absolute atomic E-state index is 11.5. The lowest BCUT2D eigenvalue weighted by Crippen LogP contribution is -2.11. The molecule has 0 aliphatic rings. The van der Waals surface area contributed by atoms with Gasteiger partial charge < -0.3 is 9.73 Å². The molecule has 2 heterocycles. The number of hydrogen-bond donors (Lipinski definition) is 1. The molecule has 2 aromatic rings. The van der Waals surface area contributed by atoms with Gasteiger partial charge in [0.2, 0.25) is 0 Å². The molecule has 0 unspecified atom stereocenters. The van der Waals surface area contributed by atoms with Gasteiger partial charge in [0.15, 0.2) is 5.76 Å². The highest BCUT2D eigenvalue weighted by atomic mass is 127. The van der Waals surface area contributed by atoms with E-state index in [0.29, 0.717) is 5.82 Å². The van der Waals surface area contributed by atoms with Gasteiger partial charge in [-0.05, 0) is 46.9 Å². The molecule has 5 heteroatoms. The number of pyridine rings is 1. The predicted octanol–water partition coefficient (Wildman–Crippen LogP) is 2.53. The number of carbonyl (C=O) groups is 1. The normalized spacial score (nSPS) is 9.93. The van der Waals surface area contributed by atoms with Gasteiger partial charge in [0, 0.05) is 9.77 Å². The molecule has 0 radical (unpaired) electrons. The molecule has 0 spiro atoms. The highest BCUT2D eigenvalue weighted by Gasteiger charge is 2.08. The van der Waals surface area contributed by atoms with Crippen LogP contribution in [0, 0.1) is 3.57 Å². The smallest absolute Gasteiger partial charge is 0.292 e. The van der Waals surface area contributed by atoms with Gasteiger partial charge in [0.25, 0.3) is 5.91 Å². The van der Waals surface area contributed by atoms with Crippen molar-refractivity contribution in [3.8, 4) is 0 Å². The number of rotatable bonds is 2. The van der Waals surface area contributed by atoms with Crippen molar-refractivity contribution >= 4 is 34.3 Å². The summed E-state index contributed by atoms with van der Waals surface area (Å²) in [5, 5.41) is 2.62. The summed E-state index contributed by atoms with van der Waals surface area (Å²) in [6.45, 7) is 0. The Morgan fingerprint density at radius 2 is 2.27 bits per heavy atom. The van der Waals surface area contributed by atoms with E-state index < -0.39 is 0 Å². The zero-order valence-electron chi connectivity index (χ0n) is 7.61. The molecule has 4 nitrogen and oxygen atoms in total. The maximum atomic E-state index is 11.5. The SMILES string of the molecule is O=C(Nc1ccc(I)cn1)c1ccco1. The Morgan fingerprint density at radius 3 is 2.87 bits per heavy atom. The summed E-state index contributed by atoms with van der Waals surface area (Å²) in [4.78, 5) is 15.6.